The number of hydrogen-bond donors (Lipinski definition) is 0. The molecule has 1 aliphatic rings. The molecule has 0 N–H and O–H groups in total. The number of isocyanates is 1. The standard InChI is InChI=1S/C12H11F2NO2/c1-17-11-9(14)4-3-8(13)10(11)12(15-7-16)5-2-6-12/h3-4H,2,5-6H2,1H3. The summed E-state index contributed by atoms with van der Waals surface area (Å²) in [5.41, 5.74) is -0.978. The third-order valence-corrected chi connectivity index (χ3v) is 3.17. The Morgan fingerprint density at radius 3 is 2.47 bits per heavy atom. The molecule has 1 fully saturated rings. The minimum atomic E-state index is -1.00. The van der Waals surface area contributed by atoms with Gasteiger partial charge in [-0.1, -0.05) is 0 Å². The van der Waals surface area contributed by atoms with Crippen LogP contribution >= 0.6 is 0 Å². The first-order valence-electron chi connectivity index (χ1n) is 5.26. The Hall–Kier alpha value is -1.74. The van der Waals surface area contributed by atoms with Gasteiger partial charge in [-0.05, 0) is 31.4 Å². The maximum atomic E-state index is 13.8. The predicted molar refractivity (Wildman–Crippen MR) is 56.6 cm³/mol. The van der Waals surface area contributed by atoms with E-state index in [-0.39, 0.29) is 11.3 Å². The van der Waals surface area contributed by atoms with Crippen LogP contribution in [0.1, 0.15) is 24.8 Å². The molecule has 1 aliphatic carbocycles. The molecule has 0 bridgehead atoms. The average Bonchev–Trinajstić information content (AvgIpc) is 2.27. The summed E-state index contributed by atoms with van der Waals surface area (Å²) in [5, 5.41) is 0. The molecule has 3 nitrogen and oxygen atoms in total. The van der Waals surface area contributed by atoms with E-state index < -0.39 is 17.2 Å². The van der Waals surface area contributed by atoms with Gasteiger partial charge in [-0.15, -0.1) is 0 Å². The number of nitrogens with zero attached hydrogens (tertiary/aromatic N) is 1. The number of hydrogen-bond acceptors (Lipinski definition) is 3. The molecule has 90 valence electrons. The zero-order chi connectivity index (χ0) is 12.5. The van der Waals surface area contributed by atoms with E-state index in [1.165, 1.54) is 13.2 Å². The predicted octanol–water partition coefficient (Wildman–Crippen LogP) is 2.69. The third-order valence-electron chi connectivity index (χ3n) is 3.17. The van der Waals surface area contributed by atoms with Crippen LogP contribution in [0, 0.1) is 11.6 Å². The number of ether oxygens (including phenoxy) is 1. The van der Waals surface area contributed by atoms with Crippen LogP contribution in [0.3, 0.4) is 0 Å². The molecule has 0 heterocycles. The van der Waals surface area contributed by atoms with E-state index in [0.717, 1.165) is 18.6 Å². The molecule has 1 aromatic rings. The second-order valence-electron chi connectivity index (χ2n) is 4.03. The Kier molecular flexibility index (Phi) is 2.94. The van der Waals surface area contributed by atoms with Crippen molar-refractivity contribution < 1.29 is 18.3 Å². The molecule has 0 spiro atoms. The molecule has 5 heteroatoms. The number of benzene rings is 1. The van der Waals surface area contributed by atoms with E-state index >= 15 is 0 Å². The highest BCUT2D eigenvalue weighted by Crippen LogP contribution is 2.49. The summed E-state index contributed by atoms with van der Waals surface area (Å²) in [4.78, 5) is 14.1. The van der Waals surface area contributed by atoms with E-state index in [0.29, 0.717) is 12.8 Å². The summed E-state index contributed by atoms with van der Waals surface area (Å²) in [6, 6.07) is 2.02. The van der Waals surface area contributed by atoms with Gasteiger partial charge >= 0.3 is 0 Å². The summed E-state index contributed by atoms with van der Waals surface area (Å²) in [6.07, 6.45) is 3.25. The first kappa shape index (κ1) is 11.7. The number of halogens is 2. The van der Waals surface area contributed by atoms with Crippen molar-refractivity contribution in [2.24, 2.45) is 4.99 Å². The molecular formula is C12H11F2NO2. The second kappa shape index (κ2) is 4.26. The lowest BCUT2D eigenvalue weighted by Crippen LogP contribution is -2.33. The number of aliphatic imine (C=N–C) groups is 1. The van der Waals surface area contributed by atoms with Crippen LogP contribution in [0.25, 0.3) is 0 Å². The zero-order valence-electron chi connectivity index (χ0n) is 9.30. The van der Waals surface area contributed by atoms with E-state index in [4.69, 9.17) is 4.74 Å². The Bertz CT molecular complexity index is 492. The van der Waals surface area contributed by atoms with Gasteiger partial charge in [0.2, 0.25) is 6.08 Å². The van der Waals surface area contributed by atoms with Crippen molar-refractivity contribution in [3.05, 3.63) is 29.3 Å². The van der Waals surface area contributed by atoms with Crippen LogP contribution in [-0.4, -0.2) is 13.2 Å². The summed E-state index contributed by atoms with van der Waals surface area (Å²) in [5.74, 6) is -1.44. The van der Waals surface area contributed by atoms with Crippen LogP contribution in [0.5, 0.6) is 5.75 Å². The third kappa shape index (κ3) is 1.72. The van der Waals surface area contributed by atoms with Gasteiger partial charge in [0.05, 0.1) is 12.7 Å². The number of rotatable bonds is 3. The van der Waals surface area contributed by atoms with Gasteiger partial charge in [-0.2, -0.15) is 4.99 Å². The minimum absolute atomic E-state index is 0.0228. The van der Waals surface area contributed by atoms with Crippen molar-refractivity contribution in [2.45, 2.75) is 24.8 Å². The molecule has 2 rings (SSSR count). The summed E-state index contributed by atoms with van der Waals surface area (Å²) >= 11 is 0. The Labute approximate surface area is 97.1 Å². The fraction of sp³-hybridized carbons (Fsp3) is 0.417. The average molecular weight is 239 g/mol. The van der Waals surface area contributed by atoms with Crippen LogP contribution in [0.15, 0.2) is 17.1 Å². The van der Waals surface area contributed by atoms with Gasteiger partial charge in [0.15, 0.2) is 11.6 Å². The lowest BCUT2D eigenvalue weighted by molar-refractivity contribution is 0.234. The Morgan fingerprint density at radius 2 is 2.00 bits per heavy atom. The van der Waals surface area contributed by atoms with E-state index in [2.05, 4.69) is 4.99 Å². The molecule has 1 saturated carbocycles. The summed E-state index contributed by atoms with van der Waals surface area (Å²) < 4.78 is 32.2. The quantitative estimate of drug-likeness (QED) is 0.600. The van der Waals surface area contributed by atoms with Crippen LogP contribution in [0.2, 0.25) is 0 Å². The maximum Gasteiger partial charge on any atom is 0.235 e. The molecule has 0 atom stereocenters. The van der Waals surface area contributed by atoms with Gasteiger partial charge < -0.3 is 4.74 Å². The fourth-order valence-electron chi connectivity index (χ4n) is 2.18. The topological polar surface area (TPSA) is 38.7 Å². The molecule has 1 aromatic carbocycles. The molecular weight excluding hydrogens is 228 g/mol. The monoisotopic (exact) mass is 239 g/mol. The van der Waals surface area contributed by atoms with Crippen molar-refractivity contribution in [1.29, 1.82) is 0 Å². The van der Waals surface area contributed by atoms with Crippen LogP contribution < -0.4 is 4.74 Å². The van der Waals surface area contributed by atoms with Crippen molar-refractivity contribution in [1.82, 2.24) is 0 Å². The van der Waals surface area contributed by atoms with Gasteiger partial charge in [0.1, 0.15) is 11.4 Å². The highest BCUT2D eigenvalue weighted by molar-refractivity contribution is 5.46. The minimum Gasteiger partial charge on any atom is -0.493 e. The summed E-state index contributed by atoms with van der Waals surface area (Å²) in [7, 11) is 1.26. The van der Waals surface area contributed by atoms with Gasteiger partial charge in [0, 0.05) is 0 Å². The Morgan fingerprint density at radius 1 is 1.35 bits per heavy atom. The normalized spacial score (nSPS) is 16.9. The summed E-state index contributed by atoms with van der Waals surface area (Å²) in [6.45, 7) is 0. The highest BCUT2D eigenvalue weighted by Gasteiger charge is 2.44. The van der Waals surface area contributed by atoms with E-state index in [9.17, 15) is 13.6 Å². The highest BCUT2D eigenvalue weighted by atomic mass is 19.1. The lowest BCUT2D eigenvalue weighted by atomic mass is 9.71. The molecule has 0 aliphatic heterocycles. The first-order chi connectivity index (χ1) is 8.14. The van der Waals surface area contributed by atoms with Crippen molar-refractivity contribution in [3.63, 3.8) is 0 Å². The van der Waals surface area contributed by atoms with Crippen LogP contribution in [-0.2, 0) is 10.3 Å². The number of methoxy groups -OCH3 is 1. The first-order valence-corrected chi connectivity index (χ1v) is 5.26. The Balaban J connectivity index is 2.64. The largest absolute Gasteiger partial charge is 0.493 e. The van der Waals surface area contributed by atoms with E-state index in [1.54, 1.807) is 0 Å². The molecule has 0 amide bonds. The smallest absolute Gasteiger partial charge is 0.235 e. The van der Waals surface area contributed by atoms with E-state index in [1.807, 2.05) is 0 Å². The molecule has 0 aromatic heterocycles. The van der Waals surface area contributed by atoms with Crippen LogP contribution in [0.4, 0.5) is 8.78 Å². The molecule has 17 heavy (non-hydrogen) atoms. The van der Waals surface area contributed by atoms with Gasteiger partial charge in [0.25, 0.3) is 0 Å². The van der Waals surface area contributed by atoms with Gasteiger partial charge in [-0.3, -0.25) is 0 Å². The van der Waals surface area contributed by atoms with Crippen molar-refractivity contribution in [2.75, 3.05) is 7.11 Å². The number of carbonyl (C=O) groups excluding carboxylic acids is 1. The van der Waals surface area contributed by atoms with Crippen molar-refractivity contribution in [3.8, 4) is 5.75 Å². The van der Waals surface area contributed by atoms with Crippen molar-refractivity contribution >= 4 is 6.08 Å². The zero-order valence-corrected chi connectivity index (χ0v) is 9.30. The fourth-order valence-corrected chi connectivity index (χ4v) is 2.18. The van der Waals surface area contributed by atoms with Gasteiger partial charge in [-0.25, -0.2) is 13.6 Å². The maximum absolute atomic E-state index is 13.8. The molecule has 0 unspecified atom stereocenters. The molecule has 0 radical (unpaired) electrons. The molecule has 0 saturated heterocycles. The SMILES string of the molecule is COc1c(F)ccc(F)c1C1(N=C=O)CCC1. The lowest BCUT2D eigenvalue weighted by Gasteiger charge is -2.37. The second-order valence-corrected chi connectivity index (χ2v) is 4.03.